The Balaban J connectivity index is 1.53. The molecule has 3 heterocycles. The maximum Gasteiger partial charge on any atom is 0.332 e. The summed E-state index contributed by atoms with van der Waals surface area (Å²) in [5.41, 5.74) is 0.970. The first-order chi connectivity index (χ1) is 14.4. The van der Waals surface area contributed by atoms with Crippen molar-refractivity contribution in [1.82, 2.24) is 15.1 Å². The molecule has 0 radical (unpaired) electrons. The van der Waals surface area contributed by atoms with Gasteiger partial charge in [0.2, 0.25) is 0 Å². The number of piperazine rings is 1. The van der Waals surface area contributed by atoms with Gasteiger partial charge in [-0.3, -0.25) is 4.79 Å². The number of urea groups is 2. The van der Waals surface area contributed by atoms with Gasteiger partial charge < -0.3 is 15.1 Å². The summed E-state index contributed by atoms with van der Waals surface area (Å²) in [4.78, 5) is 43.8. The van der Waals surface area contributed by atoms with E-state index in [0.29, 0.717) is 35.0 Å². The standard InChI is InChI=1S/C22H21N5O3/c1-12(2)24-21(29)25-11-14-9-18(25)19-20(28)27(22(30)26(14)19)17-8-7-13(10-23)15-5-3-4-6-16(15)17/h3-8,12,14,18-19H,9,11H2,1-2H3,(H,24,29). The van der Waals surface area contributed by atoms with Crippen LogP contribution in [0, 0.1) is 11.3 Å². The van der Waals surface area contributed by atoms with Crippen LogP contribution >= 0.6 is 0 Å². The number of fused-ring (bicyclic) bond motifs is 6. The fraction of sp³-hybridized carbons (Fsp3) is 0.364. The van der Waals surface area contributed by atoms with E-state index in [2.05, 4.69) is 11.4 Å². The zero-order valence-corrected chi connectivity index (χ0v) is 16.7. The van der Waals surface area contributed by atoms with E-state index in [1.54, 1.807) is 21.9 Å². The third-order valence-electron chi connectivity index (χ3n) is 6.20. The fourth-order valence-electron chi connectivity index (χ4n) is 5.02. The first-order valence-corrected chi connectivity index (χ1v) is 10.1. The number of carbonyl (C=O) groups is 3. The van der Waals surface area contributed by atoms with Crippen molar-refractivity contribution in [2.75, 3.05) is 11.4 Å². The van der Waals surface area contributed by atoms with Crippen LogP contribution in [0.3, 0.4) is 0 Å². The molecular formula is C22H21N5O3. The molecule has 2 aromatic carbocycles. The first kappa shape index (κ1) is 18.4. The number of nitriles is 1. The van der Waals surface area contributed by atoms with Crippen LogP contribution in [-0.2, 0) is 4.79 Å². The molecule has 2 bridgehead atoms. The molecular weight excluding hydrogens is 382 g/mol. The smallest absolute Gasteiger partial charge is 0.332 e. The number of amides is 5. The Labute approximate surface area is 173 Å². The Hall–Kier alpha value is -3.60. The van der Waals surface area contributed by atoms with Gasteiger partial charge in [0, 0.05) is 23.4 Å². The number of hydrogen-bond acceptors (Lipinski definition) is 4. The zero-order chi connectivity index (χ0) is 21.2. The van der Waals surface area contributed by atoms with Gasteiger partial charge in [-0.25, -0.2) is 14.5 Å². The summed E-state index contributed by atoms with van der Waals surface area (Å²) in [7, 11) is 0. The molecule has 3 saturated heterocycles. The van der Waals surface area contributed by atoms with Gasteiger partial charge >= 0.3 is 12.1 Å². The molecule has 5 rings (SSSR count). The number of nitrogens with zero attached hydrogens (tertiary/aromatic N) is 4. The van der Waals surface area contributed by atoms with Crippen molar-refractivity contribution in [3.8, 4) is 6.07 Å². The van der Waals surface area contributed by atoms with Crippen LogP contribution < -0.4 is 10.2 Å². The van der Waals surface area contributed by atoms with E-state index in [1.807, 2.05) is 38.1 Å². The van der Waals surface area contributed by atoms with Gasteiger partial charge in [0.15, 0.2) is 0 Å². The second-order valence-electron chi connectivity index (χ2n) is 8.31. The van der Waals surface area contributed by atoms with Gasteiger partial charge in [-0.2, -0.15) is 5.26 Å². The van der Waals surface area contributed by atoms with Gasteiger partial charge in [-0.1, -0.05) is 24.3 Å². The van der Waals surface area contributed by atoms with E-state index in [1.165, 1.54) is 4.90 Å². The summed E-state index contributed by atoms with van der Waals surface area (Å²) in [6, 6.07) is 11.0. The maximum atomic E-state index is 13.4. The summed E-state index contributed by atoms with van der Waals surface area (Å²) in [6.45, 7) is 4.21. The highest BCUT2D eigenvalue weighted by Gasteiger charge is 2.63. The van der Waals surface area contributed by atoms with Crippen molar-refractivity contribution in [3.05, 3.63) is 42.0 Å². The van der Waals surface area contributed by atoms with E-state index < -0.39 is 6.04 Å². The second-order valence-corrected chi connectivity index (χ2v) is 8.31. The van der Waals surface area contributed by atoms with Crippen LogP contribution in [0.25, 0.3) is 10.8 Å². The highest BCUT2D eigenvalue weighted by molar-refractivity contribution is 6.25. The highest BCUT2D eigenvalue weighted by Crippen LogP contribution is 2.43. The molecule has 8 nitrogen and oxygen atoms in total. The molecule has 1 N–H and O–H groups in total. The molecule has 30 heavy (non-hydrogen) atoms. The van der Waals surface area contributed by atoms with Gasteiger partial charge in [-0.05, 0) is 32.4 Å². The molecule has 0 saturated carbocycles. The van der Waals surface area contributed by atoms with E-state index >= 15 is 0 Å². The topological polar surface area (TPSA) is 96.7 Å². The molecule has 3 unspecified atom stereocenters. The monoisotopic (exact) mass is 403 g/mol. The molecule has 8 heteroatoms. The third kappa shape index (κ3) is 2.41. The summed E-state index contributed by atoms with van der Waals surface area (Å²) in [5.74, 6) is -0.315. The molecule has 2 aromatic rings. The van der Waals surface area contributed by atoms with Crippen molar-refractivity contribution in [3.63, 3.8) is 0 Å². The second kappa shape index (κ2) is 6.46. The van der Waals surface area contributed by atoms with Gasteiger partial charge in [0.05, 0.1) is 29.4 Å². The Bertz CT molecular complexity index is 1140. The van der Waals surface area contributed by atoms with Crippen molar-refractivity contribution in [2.24, 2.45) is 0 Å². The first-order valence-electron chi connectivity index (χ1n) is 10.1. The third-order valence-corrected chi connectivity index (χ3v) is 6.20. The minimum absolute atomic E-state index is 0.00449. The lowest BCUT2D eigenvalue weighted by Gasteiger charge is -2.35. The SMILES string of the molecule is CC(C)NC(=O)N1CC2CC1C1C(=O)N(c3ccc(C#N)c4ccccc34)C(=O)N21. The minimum Gasteiger partial charge on any atom is -0.336 e. The lowest BCUT2D eigenvalue weighted by atomic mass is 10.0. The molecule has 3 aliphatic heterocycles. The number of carbonyl (C=O) groups excluding carboxylic acids is 3. The molecule has 5 amide bonds. The van der Waals surface area contributed by atoms with Crippen LogP contribution in [0.5, 0.6) is 0 Å². The molecule has 3 aliphatic rings. The zero-order valence-electron chi connectivity index (χ0n) is 16.7. The van der Waals surface area contributed by atoms with Crippen molar-refractivity contribution >= 4 is 34.4 Å². The predicted molar refractivity (Wildman–Crippen MR) is 110 cm³/mol. The average molecular weight is 403 g/mol. The Morgan fingerprint density at radius 2 is 1.90 bits per heavy atom. The van der Waals surface area contributed by atoms with Crippen molar-refractivity contribution in [2.45, 2.75) is 44.4 Å². The quantitative estimate of drug-likeness (QED) is 0.779. The molecule has 0 aliphatic carbocycles. The van der Waals surface area contributed by atoms with Crippen LogP contribution in [0.4, 0.5) is 15.3 Å². The molecule has 0 aromatic heterocycles. The summed E-state index contributed by atoms with van der Waals surface area (Å²) in [6.07, 6.45) is 0.621. The number of rotatable bonds is 2. The minimum atomic E-state index is -0.663. The van der Waals surface area contributed by atoms with Gasteiger partial charge in [0.25, 0.3) is 5.91 Å². The van der Waals surface area contributed by atoms with Gasteiger partial charge in [-0.15, -0.1) is 0 Å². The fourth-order valence-corrected chi connectivity index (χ4v) is 5.02. The maximum absolute atomic E-state index is 13.4. The van der Waals surface area contributed by atoms with Gasteiger partial charge in [0.1, 0.15) is 6.04 Å². The Kier molecular flexibility index (Phi) is 3.97. The van der Waals surface area contributed by atoms with E-state index in [9.17, 15) is 19.6 Å². The number of hydrogen-bond donors (Lipinski definition) is 1. The van der Waals surface area contributed by atoms with Crippen LogP contribution in [-0.4, -0.2) is 58.5 Å². The summed E-state index contributed by atoms with van der Waals surface area (Å²) in [5, 5.41) is 13.7. The molecule has 3 atom stereocenters. The Morgan fingerprint density at radius 1 is 1.17 bits per heavy atom. The van der Waals surface area contributed by atoms with E-state index in [-0.39, 0.29) is 36.1 Å². The summed E-state index contributed by atoms with van der Waals surface area (Å²) < 4.78 is 0. The van der Waals surface area contributed by atoms with Crippen LogP contribution in [0.15, 0.2) is 36.4 Å². The van der Waals surface area contributed by atoms with Crippen molar-refractivity contribution < 1.29 is 14.4 Å². The Morgan fingerprint density at radius 3 is 2.60 bits per heavy atom. The molecule has 3 fully saturated rings. The number of likely N-dealkylation sites (tertiary alicyclic amines) is 1. The summed E-state index contributed by atoms with van der Waals surface area (Å²) >= 11 is 0. The van der Waals surface area contributed by atoms with E-state index in [0.717, 1.165) is 0 Å². The lowest BCUT2D eigenvalue weighted by Crippen LogP contribution is -2.57. The molecule has 0 spiro atoms. The number of nitrogens with one attached hydrogen (secondary N) is 1. The highest BCUT2D eigenvalue weighted by atomic mass is 16.2. The molecule has 152 valence electrons. The number of benzene rings is 2. The number of anilines is 1. The van der Waals surface area contributed by atoms with Crippen molar-refractivity contribution in [1.29, 1.82) is 5.26 Å². The predicted octanol–water partition coefficient (Wildman–Crippen LogP) is 2.42. The van der Waals surface area contributed by atoms with Crippen LogP contribution in [0.1, 0.15) is 25.8 Å². The van der Waals surface area contributed by atoms with E-state index in [4.69, 9.17) is 0 Å². The normalized spacial score (nSPS) is 24.7. The number of imide groups is 1. The average Bonchev–Trinajstić information content (AvgIpc) is 3.38. The van der Waals surface area contributed by atoms with Crippen LogP contribution in [0.2, 0.25) is 0 Å². The lowest BCUT2D eigenvalue weighted by molar-refractivity contribution is -0.120. The largest absolute Gasteiger partial charge is 0.336 e.